The fourth-order valence-electron chi connectivity index (χ4n) is 2.68. The van der Waals surface area contributed by atoms with Gasteiger partial charge in [-0.15, -0.1) is 16.4 Å². The normalized spacial score (nSPS) is 14.4. The lowest BCUT2D eigenvalue weighted by Gasteiger charge is -2.09. The van der Waals surface area contributed by atoms with Crippen LogP contribution in [0, 0.1) is 0 Å². The van der Waals surface area contributed by atoms with Gasteiger partial charge >= 0.3 is 0 Å². The van der Waals surface area contributed by atoms with E-state index in [1.165, 1.54) is 23.1 Å². The molecule has 3 aromatic rings. The predicted octanol–water partition coefficient (Wildman–Crippen LogP) is 1.63. The summed E-state index contributed by atoms with van der Waals surface area (Å²) in [6.07, 6.45) is 4.38. The summed E-state index contributed by atoms with van der Waals surface area (Å²) in [4.78, 5) is 23.2. The molecule has 3 aromatic heterocycles. The Kier molecular flexibility index (Phi) is 3.38. The summed E-state index contributed by atoms with van der Waals surface area (Å²) < 4.78 is 1.78. The molecule has 0 saturated carbocycles. The fourth-order valence-corrected chi connectivity index (χ4v) is 4.61. The summed E-state index contributed by atoms with van der Waals surface area (Å²) in [5.74, 6) is 0.836. The lowest BCUT2D eigenvalue weighted by atomic mass is 10.0. The van der Waals surface area contributed by atoms with E-state index in [2.05, 4.69) is 20.2 Å². The highest BCUT2D eigenvalue weighted by molar-refractivity contribution is 7.98. The highest BCUT2D eigenvalue weighted by atomic mass is 32.2. The van der Waals surface area contributed by atoms with Crippen molar-refractivity contribution in [1.29, 1.82) is 0 Å². The number of anilines is 1. The minimum atomic E-state index is 0.00880. The van der Waals surface area contributed by atoms with Gasteiger partial charge in [-0.1, -0.05) is 11.8 Å². The Morgan fingerprint density at radius 3 is 3.05 bits per heavy atom. The van der Waals surface area contributed by atoms with Gasteiger partial charge in [-0.25, -0.2) is 10.1 Å². The molecular formula is C13H14N6OS2. The third-order valence-corrected chi connectivity index (χ3v) is 5.67. The summed E-state index contributed by atoms with van der Waals surface area (Å²) in [6, 6.07) is 1.61. The van der Waals surface area contributed by atoms with Crippen LogP contribution in [-0.4, -0.2) is 24.6 Å². The molecule has 3 heterocycles. The highest BCUT2D eigenvalue weighted by Gasteiger charge is 2.18. The summed E-state index contributed by atoms with van der Waals surface area (Å²) in [5, 5.41) is 7.11. The van der Waals surface area contributed by atoms with Gasteiger partial charge in [0.2, 0.25) is 11.1 Å². The van der Waals surface area contributed by atoms with E-state index in [1.54, 1.807) is 21.8 Å². The first-order valence-corrected chi connectivity index (χ1v) is 8.85. The number of aromatic amines is 1. The molecule has 1 aliphatic rings. The van der Waals surface area contributed by atoms with Crippen molar-refractivity contribution in [2.45, 2.75) is 36.6 Å². The van der Waals surface area contributed by atoms with E-state index in [0.717, 1.165) is 35.6 Å². The lowest BCUT2D eigenvalue weighted by Crippen LogP contribution is -2.17. The summed E-state index contributed by atoms with van der Waals surface area (Å²) in [5.41, 5.74) is 7.41. The van der Waals surface area contributed by atoms with E-state index in [1.807, 2.05) is 0 Å². The van der Waals surface area contributed by atoms with Gasteiger partial charge in [-0.05, 0) is 25.7 Å². The topological polar surface area (TPSA) is 102 Å². The number of aryl methyl sites for hydroxylation is 2. The second-order valence-electron chi connectivity index (χ2n) is 5.17. The second-order valence-corrected chi connectivity index (χ2v) is 7.18. The number of nitrogens with two attached hydrogens (primary N) is 1. The van der Waals surface area contributed by atoms with Gasteiger partial charge in [0.1, 0.15) is 0 Å². The SMILES string of the molecule is Nc1nc(SCc2cc(=O)n3c4c(sc3n2)CCCC4)n[nH]1. The molecule has 4 rings (SSSR count). The van der Waals surface area contributed by atoms with E-state index in [-0.39, 0.29) is 11.5 Å². The smallest absolute Gasteiger partial charge is 0.259 e. The highest BCUT2D eigenvalue weighted by Crippen LogP contribution is 2.28. The summed E-state index contributed by atoms with van der Waals surface area (Å²) in [6.45, 7) is 0. The van der Waals surface area contributed by atoms with E-state index in [4.69, 9.17) is 5.73 Å². The van der Waals surface area contributed by atoms with Crippen LogP contribution < -0.4 is 11.3 Å². The number of nitrogens with zero attached hydrogens (tertiary/aromatic N) is 4. The van der Waals surface area contributed by atoms with Crippen molar-refractivity contribution >= 4 is 34.0 Å². The fraction of sp³-hybridized carbons (Fsp3) is 0.385. The van der Waals surface area contributed by atoms with Crippen LogP contribution >= 0.6 is 23.1 Å². The molecule has 0 saturated heterocycles. The van der Waals surface area contributed by atoms with E-state index >= 15 is 0 Å². The minimum Gasteiger partial charge on any atom is -0.368 e. The van der Waals surface area contributed by atoms with Gasteiger partial charge in [0.25, 0.3) is 5.56 Å². The number of thioether (sulfide) groups is 1. The zero-order chi connectivity index (χ0) is 15.1. The predicted molar refractivity (Wildman–Crippen MR) is 86.3 cm³/mol. The van der Waals surface area contributed by atoms with Crippen LogP contribution in [0.25, 0.3) is 4.96 Å². The third kappa shape index (κ3) is 2.40. The standard InChI is InChI=1S/C13H14N6OS2/c14-11-16-12(18-17-11)21-6-7-5-10(20)19-8-3-1-2-4-9(8)22-13(19)15-7/h5H,1-4,6H2,(H3,14,16,17,18). The van der Waals surface area contributed by atoms with Gasteiger partial charge in [0.15, 0.2) is 4.96 Å². The minimum absolute atomic E-state index is 0.00880. The zero-order valence-electron chi connectivity index (χ0n) is 11.7. The third-order valence-electron chi connectivity index (χ3n) is 3.65. The second kappa shape index (κ2) is 5.40. The van der Waals surface area contributed by atoms with Crippen molar-refractivity contribution in [2.75, 3.05) is 5.73 Å². The van der Waals surface area contributed by atoms with Crippen LogP contribution in [0.3, 0.4) is 0 Å². The first-order chi connectivity index (χ1) is 10.7. The van der Waals surface area contributed by atoms with Crippen LogP contribution in [-0.2, 0) is 18.6 Å². The van der Waals surface area contributed by atoms with Crippen LogP contribution in [0.1, 0.15) is 29.1 Å². The Labute approximate surface area is 134 Å². The largest absolute Gasteiger partial charge is 0.368 e. The molecular weight excluding hydrogens is 320 g/mol. The van der Waals surface area contributed by atoms with Crippen LogP contribution in [0.15, 0.2) is 16.0 Å². The summed E-state index contributed by atoms with van der Waals surface area (Å²) in [7, 11) is 0. The number of nitrogens with one attached hydrogen (secondary N) is 1. The van der Waals surface area contributed by atoms with Crippen molar-refractivity contribution in [3.63, 3.8) is 0 Å². The Balaban J connectivity index is 1.66. The molecule has 22 heavy (non-hydrogen) atoms. The molecule has 0 amide bonds. The van der Waals surface area contributed by atoms with Crippen molar-refractivity contribution in [3.05, 3.63) is 32.7 Å². The zero-order valence-corrected chi connectivity index (χ0v) is 13.3. The molecule has 1 aliphatic carbocycles. The van der Waals surface area contributed by atoms with Crippen molar-refractivity contribution in [2.24, 2.45) is 0 Å². The van der Waals surface area contributed by atoms with Crippen molar-refractivity contribution in [3.8, 4) is 0 Å². The molecule has 0 aliphatic heterocycles. The molecule has 3 N–H and O–H groups in total. The Hall–Kier alpha value is -1.87. The number of thiazole rings is 1. The first-order valence-electron chi connectivity index (χ1n) is 7.04. The molecule has 0 aromatic carbocycles. The number of aromatic nitrogens is 5. The lowest BCUT2D eigenvalue weighted by molar-refractivity contribution is 0.670. The first kappa shape index (κ1) is 13.8. The summed E-state index contributed by atoms with van der Waals surface area (Å²) >= 11 is 3.05. The van der Waals surface area contributed by atoms with E-state index in [9.17, 15) is 4.79 Å². The van der Waals surface area contributed by atoms with Crippen molar-refractivity contribution in [1.82, 2.24) is 24.6 Å². The van der Waals surface area contributed by atoms with Crippen LogP contribution in [0.5, 0.6) is 0 Å². The van der Waals surface area contributed by atoms with Crippen LogP contribution in [0.4, 0.5) is 5.95 Å². The quantitative estimate of drug-likeness (QED) is 0.706. The Bertz CT molecular complexity index is 896. The maximum Gasteiger partial charge on any atom is 0.259 e. The maximum absolute atomic E-state index is 12.4. The molecule has 0 atom stereocenters. The van der Waals surface area contributed by atoms with Crippen LogP contribution in [0.2, 0.25) is 0 Å². The average molecular weight is 334 g/mol. The monoisotopic (exact) mass is 334 g/mol. The number of fused-ring (bicyclic) bond motifs is 3. The van der Waals surface area contributed by atoms with Gasteiger partial charge in [0.05, 0.1) is 5.69 Å². The van der Waals surface area contributed by atoms with E-state index < -0.39 is 0 Å². The molecule has 0 fully saturated rings. The number of rotatable bonds is 3. The van der Waals surface area contributed by atoms with Gasteiger partial charge in [-0.3, -0.25) is 9.20 Å². The maximum atomic E-state index is 12.4. The number of hydrogen-bond acceptors (Lipinski definition) is 7. The Morgan fingerprint density at radius 1 is 1.36 bits per heavy atom. The molecule has 9 heteroatoms. The Morgan fingerprint density at radius 2 is 2.23 bits per heavy atom. The van der Waals surface area contributed by atoms with Gasteiger partial charge in [-0.2, -0.15) is 4.98 Å². The molecule has 114 valence electrons. The molecule has 0 radical (unpaired) electrons. The molecule has 0 spiro atoms. The van der Waals surface area contributed by atoms with Crippen molar-refractivity contribution < 1.29 is 0 Å². The number of hydrogen-bond donors (Lipinski definition) is 2. The molecule has 0 bridgehead atoms. The van der Waals surface area contributed by atoms with Gasteiger partial charge in [0, 0.05) is 22.4 Å². The molecule has 0 unspecified atom stereocenters. The molecule has 7 nitrogen and oxygen atoms in total. The number of H-pyrrole nitrogens is 1. The van der Waals surface area contributed by atoms with Gasteiger partial charge < -0.3 is 5.73 Å². The average Bonchev–Trinajstić information content (AvgIpc) is 3.08. The van der Waals surface area contributed by atoms with E-state index in [0.29, 0.717) is 10.9 Å². The number of nitrogen functional groups attached to an aromatic ring is 1.